The van der Waals surface area contributed by atoms with E-state index in [1.807, 2.05) is 31.2 Å². The largest absolute Gasteiger partial charge is 0.396 e. The number of oxime groups is 1. The number of carbonyl (C=O) groups excluding carboxylic acids is 1. The third kappa shape index (κ3) is 5.54. The fourth-order valence-electron chi connectivity index (χ4n) is 5.64. The number of amides is 1. The van der Waals surface area contributed by atoms with Gasteiger partial charge in [0, 0.05) is 29.0 Å². The predicted octanol–water partition coefficient (Wildman–Crippen LogP) is 4.83. The summed E-state index contributed by atoms with van der Waals surface area (Å²) in [5, 5.41) is 4.51. The van der Waals surface area contributed by atoms with Gasteiger partial charge in [-0.2, -0.15) is 0 Å². The second kappa shape index (κ2) is 11.4. The van der Waals surface area contributed by atoms with Gasteiger partial charge >= 0.3 is 0 Å². The van der Waals surface area contributed by atoms with Crippen molar-refractivity contribution in [2.24, 2.45) is 11.1 Å². The average molecular weight is 581 g/mol. The van der Waals surface area contributed by atoms with Crippen molar-refractivity contribution in [2.75, 3.05) is 32.8 Å². The van der Waals surface area contributed by atoms with E-state index in [1.165, 1.54) is 0 Å². The first-order chi connectivity index (χ1) is 18.4. The molecule has 3 heterocycles. The Kier molecular flexibility index (Phi) is 7.95. The highest BCUT2D eigenvalue weighted by Crippen LogP contribution is 2.34. The summed E-state index contributed by atoms with van der Waals surface area (Å²) < 4.78 is 1.05. The number of piperidine rings is 2. The molecule has 2 fully saturated rings. The van der Waals surface area contributed by atoms with Crippen LogP contribution in [-0.2, 0) is 4.84 Å². The molecule has 2 aromatic carbocycles. The smallest absolute Gasteiger partial charge is 0.280 e. The van der Waals surface area contributed by atoms with Gasteiger partial charge in [-0.1, -0.05) is 45.4 Å². The fraction of sp³-hybridized carbons (Fsp3) is 0.448. The Morgan fingerprint density at radius 1 is 1.11 bits per heavy atom. The van der Waals surface area contributed by atoms with Crippen LogP contribution in [0, 0.1) is 5.92 Å². The SMILES string of the molecule is CCON=C(c1ccc(Br)cc1)C1CCN(C2(C)CCN(C(=O)c3nc4ccccc4[nH]c3=O)CC2)CC1. The quantitative estimate of drug-likeness (QED) is 0.333. The molecule has 0 aliphatic carbocycles. The van der Waals surface area contributed by atoms with Gasteiger partial charge in [-0.3, -0.25) is 14.5 Å². The maximum Gasteiger partial charge on any atom is 0.280 e. The number of halogens is 1. The lowest BCUT2D eigenvalue weighted by Gasteiger charge is -2.49. The van der Waals surface area contributed by atoms with Gasteiger partial charge in [0.15, 0.2) is 5.69 Å². The first kappa shape index (κ1) is 26.6. The van der Waals surface area contributed by atoms with Crippen LogP contribution in [0.25, 0.3) is 11.0 Å². The average Bonchev–Trinajstić information content (AvgIpc) is 2.94. The number of fused-ring (bicyclic) bond motifs is 1. The van der Waals surface area contributed by atoms with Crippen LogP contribution in [-0.4, -0.2) is 69.7 Å². The van der Waals surface area contributed by atoms with Crippen LogP contribution in [0.4, 0.5) is 0 Å². The van der Waals surface area contributed by atoms with Gasteiger partial charge in [0.2, 0.25) is 0 Å². The molecule has 8 nitrogen and oxygen atoms in total. The number of benzene rings is 2. The molecule has 38 heavy (non-hydrogen) atoms. The topological polar surface area (TPSA) is 90.9 Å². The number of aromatic nitrogens is 2. The lowest BCUT2D eigenvalue weighted by molar-refractivity contribution is 0.0159. The molecule has 2 aliphatic heterocycles. The van der Waals surface area contributed by atoms with Gasteiger partial charge in [-0.25, -0.2) is 4.98 Å². The number of likely N-dealkylation sites (tertiary alicyclic amines) is 2. The molecule has 2 aliphatic rings. The number of nitrogens with zero attached hydrogens (tertiary/aromatic N) is 4. The van der Waals surface area contributed by atoms with E-state index in [2.05, 4.69) is 55.0 Å². The van der Waals surface area contributed by atoms with Gasteiger partial charge < -0.3 is 14.7 Å². The molecule has 5 rings (SSSR count). The number of nitrogens with one attached hydrogen (secondary N) is 1. The van der Waals surface area contributed by atoms with Crippen molar-refractivity contribution in [3.05, 3.63) is 74.6 Å². The lowest BCUT2D eigenvalue weighted by atomic mass is 9.82. The summed E-state index contributed by atoms with van der Waals surface area (Å²) >= 11 is 3.52. The molecular formula is C29H34BrN5O3. The molecule has 0 saturated carbocycles. The van der Waals surface area contributed by atoms with E-state index in [1.54, 1.807) is 17.0 Å². The minimum atomic E-state index is -0.431. The Morgan fingerprint density at radius 2 is 1.79 bits per heavy atom. The highest BCUT2D eigenvalue weighted by Gasteiger charge is 2.39. The van der Waals surface area contributed by atoms with Crippen LogP contribution in [0.15, 0.2) is 63.0 Å². The molecule has 0 unspecified atom stereocenters. The molecule has 0 radical (unpaired) electrons. The monoisotopic (exact) mass is 579 g/mol. The van der Waals surface area contributed by atoms with E-state index in [-0.39, 0.29) is 17.1 Å². The number of hydrogen-bond donors (Lipinski definition) is 1. The Labute approximate surface area is 231 Å². The second-order valence-corrected chi connectivity index (χ2v) is 11.3. The maximum atomic E-state index is 13.2. The normalized spacial score (nSPS) is 19.0. The van der Waals surface area contributed by atoms with E-state index >= 15 is 0 Å². The number of para-hydroxylation sites is 2. The third-order valence-electron chi connectivity index (χ3n) is 8.01. The van der Waals surface area contributed by atoms with Crippen molar-refractivity contribution in [3.8, 4) is 0 Å². The highest BCUT2D eigenvalue weighted by atomic mass is 79.9. The van der Waals surface area contributed by atoms with E-state index in [0.717, 1.165) is 54.5 Å². The highest BCUT2D eigenvalue weighted by molar-refractivity contribution is 9.10. The number of rotatable bonds is 6. The van der Waals surface area contributed by atoms with E-state index in [0.29, 0.717) is 36.6 Å². The third-order valence-corrected chi connectivity index (χ3v) is 8.54. The summed E-state index contributed by atoms with van der Waals surface area (Å²) in [5.41, 5.74) is 2.95. The van der Waals surface area contributed by atoms with Crippen LogP contribution in [0.5, 0.6) is 0 Å². The first-order valence-electron chi connectivity index (χ1n) is 13.4. The predicted molar refractivity (Wildman–Crippen MR) is 153 cm³/mol. The second-order valence-electron chi connectivity index (χ2n) is 10.4. The van der Waals surface area contributed by atoms with Gasteiger partial charge in [-0.15, -0.1) is 0 Å². The van der Waals surface area contributed by atoms with Crippen molar-refractivity contribution >= 4 is 38.6 Å². The molecule has 0 atom stereocenters. The van der Waals surface area contributed by atoms with Crippen molar-refractivity contribution in [1.82, 2.24) is 19.8 Å². The van der Waals surface area contributed by atoms with Gasteiger partial charge in [0.25, 0.3) is 11.5 Å². The number of hydrogen-bond acceptors (Lipinski definition) is 6. The van der Waals surface area contributed by atoms with Crippen molar-refractivity contribution in [2.45, 2.75) is 45.1 Å². The van der Waals surface area contributed by atoms with E-state index in [4.69, 9.17) is 4.84 Å². The van der Waals surface area contributed by atoms with Crippen LogP contribution >= 0.6 is 15.9 Å². The molecule has 3 aromatic rings. The van der Waals surface area contributed by atoms with Crippen LogP contribution in [0.3, 0.4) is 0 Å². The molecule has 1 aromatic heterocycles. The molecule has 0 spiro atoms. The van der Waals surface area contributed by atoms with Gasteiger partial charge in [-0.05, 0) is 82.4 Å². The number of H-pyrrole nitrogens is 1. The lowest BCUT2D eigenvalue weighted by Crippen LogP contribution is -2.57. The zero-order valence-electron chi connectivity index (χ0n) is 22.0. The van der Waals surface area contributed by atoms with Crippen molar-refractivity contribution < 1.29 is 9.63 Å². The minimum absolute atomic E-state index is 0.0137. The van der Waals surface area contributed by atoms with Crippen LogP contribution < -0.4 is 5.56 Å². The molecule has 200 valence electrons. The molecule has 2 saturated heterocycles. The zero-order chi connectivity index (χ0) is 26.7. The van der Waals surface area contributed by atoms with E-state index in [9.17, 15) is 9.59 Å². The summed E-state index contributed by atoms with van der Waals surface area (Å²) in [6, 6.07) is 15.6. The molecule has 9 heteroatoms. The summed E-state index contributed by atoms with van der Waals surface area (Å²) in [6.45, 7) is 7.98. The Bertz CT molecular complexity index is 1370. The maximum absolute atomic E-state index is 13.2. The molecule has 0 bridgehead atoms. The Balaban J connectivity index is 1.22. The summed E-state index contributed by atoms with van der Waals surface area (Å²) in [7, 11) is 0. The Hall–Kier alpha value is -3.04. The van der Waals surface area contributed by atoms with Crippen LogP contribution in [0.1, 0.15) is 55.6 Å². The fourth-order valence-corrected chi connectivity index (χ4v) is 5.91. The van der Waals surface area contributed by atoms with E-state index < -0.39 is 5.56 Å². The van der Waals surface area contributed by atoms with Crippen molar-refractivity contribution in [3.63, 3.8) is 0 Å². The first-order valence-corrected chi connectivity index (χ1v) is 14.2. The summed E-state index contributed by atoms with van der Waals surface area (Å²) in [6.07, 6.45) is 3.75. The standard InChI is InChI=1S/C29H34BrN5O3/c1-3-38-33-25(20-8-10-22(30)11-9-20)21-12-16-35(17-13-21)29(2)14-18-34(19-15-29)28(37)26-27(36)32-24-7-5-4-6-23(24)31-26/h4-11,21H,3,12-19H2,1-2H3,(H,32,36). The number of carbonyl (C=O) groups is 1. The molecular weight excluding hydrogens is 546 g/mol. The summed E-state index contributed by atoms with van der Waals surface area (Å²) in [5.74, 6) is 0.0546. The molecule has 1 amide bonds. The molecule has 1 N–H and O–H groups in total. The Morgan fingerprint density at radius 3 is 2.47 bits per heavy atom. The minimum Gasteiger partial charge on any atom is -0.396 e. The van der Waals surface area contributed by atoms with Gasteiger partial charge in [0.1, 0.15) is 6.61 Å². The number of aromatic amines is 1. The summed E-state index contributed by atoms with van der Waals surface area (Å²) in [4.78, 5) is 42.8. The van der Waals surface area contributed by atoms with Crippen molar-refractivity contribution in [1.29, 1.82) is 0 Å². The van der Waals surface area contributed by atoms with Crippen LogP contribution in [0.2, 0.25) is 0 Å². The zero-order valence-corrected chi connectivity index (χ0v) is 23.5. The van der Waals surface area contributed by atoms with Gasteiger partial charge in [0.05, 0.1) is 16.7 Å².